The minimum atomic E-state index is -1.69. The molecule has 4 nitrogen and oxygen atoms in total. The highest BCUT2D eigenvalue weighted by Gasteiger charge is 2.39. The summed E-state index contributed by atoms with van der Waals surface area (Å²) in [5.41, 5.74) is 5.04. The normalized spacial score (nSPS) is 12.1. The van der Waals surface area contributed by atoms with Gasteiger partial charge in [-0.15, -0.1) is 11.5 Å². The van der Waals surface area contributed by atoms with Crippen molar-refractivity contribution in [2.75, 3.05) is 0 Å². The minimum absolute atomic E-state index is 0.0117. The fourth-order valence-electron chi connectivity index (χ4n) is 2.96. The highest BCUT2D eigenvalue weighted by Crippen LogP contribution is 2.25. The molecule has 0 aliphatic rings. The Labute approximate surface area is 187 Å². The van der Waals surface area contributed by atoms with E-state index in [1.165, 1.54) is 0 Å². The fraction of sp³-hybridized carbons (Fsp3) is 0.385. The highest BCUT2D eigenvalue weighted by atomic mass is 28.3. The lowest BCUT2D eigenvalue weighted by molar-refractivity contribution is -0.166. The quantitative estimate of drug-likeness (QED) is 0.246. The van der Waals surface area contributed by atoms with E-state index in [1.54, 1.807) is 0 Å². The predicted octanol–water partition coefficient (Wildman–Crippen LogP) is 5.24. The van der Waals surface area contributed by atoms with Crippen LogP contribution < -0.4 is 0 Å². The second-order valence-corrected chi connectivity index (χ2v) is 13.7. The summed E-state index contributed by atoms with van der Waals surface area (Å²) in [7, 11) is -1.69. The Balaban J connectivity index is 2.23. The highest BCUT2D eigenvalue weighted by molar-refractivity contribution is 6.83. The van der Waals surface area contributed by atoms with E-state index in [0.717, 1.165) is 11.1 Å². The van der Waals surface area contributed by atoms with Crippen molar-refractivity contribution in [1.29, 1.82) is 0 Å². The Bertz CT molecular complexity index is 850. The van der Waals surface area contributed by atoms with Crippen molar-refractivity contribution in [1.82, 2.24) is 0 Å². The zero-order valence-electron chi connectivity index (χ0n) is 19.1. The van der Waals surface area contributed by atoms with Gasteiger partial charge in [0, 0.05) is 5.92 Å². The molecule has 0 fully saturated rings. The maximum absolute atomic E-state index is 13.1. The van der Waals surface area contributed by atoms with Crippen LogP contribution in [0.5, 0.6) is 0 Å². The van der Waals surface area contributed by atoms with Crippen molar-refractivity contribution >= 4 is 20.0 Å². The Kier molecular flexibility index (Phi) is 9.08. The topological polar surface area (TPSA) is 52.6 Å². The van der Waals surface area contributed by atoms with Gasteiger partial charge >= 0.3 is 11.9 Å². The van der Waals surface area contributed by atoms with Crippen LogP contribution in [-0.4, -0.2) is 20.0 Å². The summed E-state index contributed by atoms with van der Waals surface area (Å²) < 4.78 is 11.1. The molecule has 5 heteroatoms. The summed E-state index contributed by atoms with van der Waals surface area (Å²) in [6.45, 7) is 10.5. The van der Waals surface area contributed by atoms with Gasteiger partial charge in [-0.2, -0.15) is 0 Å². The number of carbonyl (C=O) groups is 2. The molecule has 0 saturated carbocycles. The molecule has 1 atom stereocenters. The number of carbonyl (C=O) groups excluding carboxylic acids is 2. The van der Waals surface area contributed by atoms with Crippen LogP contribution in [0.15, 0.2) is 60.7 Å². The number of hydrogen-bond donors (Lipinski definition) is 0. The lowest BCUT2D eigenvalue weighted by Crippen LogP contribution is -2.36. The van der Waals surface area contributed by atoms with Crippen LogP contribution in [0.3, 0.4) is 0 Å². The number of esters is 2. The number of hydrogen-bond acceptors (Lipinski definition) is 4. The molecule has 31 heavy (non-hydrogen) atoms. The van der Waals surface area contributed by atoms with Crippen LogP contribution in [0.2, 0.25) is 19.6 Å². The smallest absolute Gasteiger partial charge is 0.321 e. The molecule has 0 spiro atoms. The van der Waals surface area contributed by atoms with E-state index in [9.17, 15) is 9.59 Å². The zero-order chi connectivity index (χ0) is 22.9. The van der Waals surface area contributed by atoms with Crippen molar-refractivity contribution in [3.8, 4) is 11.5 Å². The van der Waals surface area contributed by atoms with E-state index in [2.05, 4.69) is 31.1 Å². The van der Waals surface area contributed by atoms with E-state index < -0.39 is 31.8 Å². The number of ether oxygens (including phenoxy) is 2. The molecular weight excluding hydrogens is 404 g/mol. The summed E-state index contributed by atoms with van der Waals surface area (Å²) in [5.74, 6) is 0.471. The van der Waals surface area contributed by atoms with Crippen LogP contribution in [-0.2, 0) is 32.3 Å². The SMILES string of the molecule is CC(C)C(C#C[Si](C)(C)C)C(C(=O)OCc1ccccc1)C(=O)OCc1ccccc1. The van der Waals surface area contributed by atoms with E-state index in [1.807, 2.05) is 74.5 Å². The molecule has 0 bridgehead atoms. The zero-order valence-corrected chi connectivity index (χ0v) is 20.1. The van der Waals surface area contributed by atoms with Gasteiger partial charge in [0.05, 0.1) is 0 Å². The Morgan fingerprint density at radius 1 is 0.806 bits per heavy atom. The Morgan fingerprint density at radius 2 is 1.23 bits per heavy atom. The molecule has 0 aliphatic heterocycles. The second kappa shape index (κ2) is 11.5. The Hall–Kier alpha value is -2.84. The van der Waals surface area contributed by atoms with Crippen LogP contribution in [0, 0.1) is 29.2 Å². The maximum Gasteiger partial charge on any atom is 0.321 e. The molecule has 1 unspecified atom stereocenters. The summed E-state index contributed by atoms with van der Waals surface area (Å²) in [5, 5.41) is 0. The molecule has 0 N–H and O–H groups in total. The average Bonchev–Trinajstić information content (AvgIpc) is 2.73. The third kappa shape index (κ3) is 8.43. The maximum atomic E-state index is 13.1. The molecule has 0 saturated heterocycles. The van der Waals surface area contributed by atoms with Crippen LogP contribution in [0.25, 0.3) is 0 Å². The molecule has 164 valence electrons. The van der Waals surface area contributed by atoms with Crippen LogP contribution >= 0.6 is 0 Å². The van der Waals surface area contributed by atoms with Crippen molar-refractivity contribution in [2.45, 2.75) is 46.7 Å². The van der Waals surface area contributed by atoms with E-state index in [4.69, 9.17) is 9.47 Å². The van der Waals surface area contributed by atoms with Crippen molar-refractivity contribution in [3.63, 3.8) is 0 Å². The number of benzene rings is 2. The van der Waals surface area contributed by atoms with Crippen LogP contribution in [0.1, 0.15) is 25.0 Å². The molecule has 2 aromatic rings. The first-order valence-corrected chi connectivity index (χ1v) is 14.1. The first-order valence-electron chi connectivity index (χ1n) is 10.6. The van der Waals surface area contributed by atoms with Crippen LogP contribution in [0.4, 0.5) is 0 Å². The van der Waals surface area contributed by atoms with Gasteiger partial charge in [0.25, 0.3) is 0 Å². The lowest BCUT2D eigenvalue weighted by atomic mass is 9.84. The molecule has 0 heterocycles. The van der Waals surface area contributed by atoms with Gasteiger partial charge in [0.15, 0.2) is 5.92 Å². The molecule has 0 aromatic heterocycles. The van der Waals surface area contributed by atoms with Gasteiger partial charge < -0.3 is 9.47 Å². The van der Waals surface area contributed by atoms with Crippen molar-refractivity contribution in [3.05, 3.63) is 71.8 Å². The number of rotatable bonds is 8. The molecular formula is C26H32O4Si. The first kappa shape index (κ1) is 24.4. The largest absolute Gasteiger partial charge is 0.460 e. The minimum Gasteiger partial charge on any atom is -0.460 e. The third-order valence-corrected chi connectivity index (χ3v) is 5.54. The standard InChI is InChI=1S/C26H32O4Si/c1-20(2)23(16-17-31(3,4)5)24(25(27)29-18-21-12-8-6-9-13-21)26(28)30-19-22-14-10-7-11-15-22/h6-15,20,23-24H,18-19H2,1-5H3. The van der Waals surface area contributed by atoms with Gasteiger partial charge in [-0.05, 0) is 17.0 Å². The first-order chi connectivity index (χ1) is 14.7. The summed E-state index contributed by atoms with van der Waals surface area (Å²) in [6.07, 6.45) is 0. The lowest BCUT2D eigenvalue weighted by Gasteiger charge is -2.24. The van der Waals surface area contributed by atoms with Gasteiger partial charge in [0.1, 0.15) is 21.3 Å². The van der Waals surface area contributed by atoms with Crippen molar-refractivity contribution in [2.24, 2.45) is 17.8 Å². The molecule has 2 aromatic carbocycles. The molecule has 0 radical (unpaired) electrons. The van der Waals surface area contributed by atoms with Gasteiger partial charge in [-0.25, -0.2) is 0 Å². The summed E-state index contributed by atoms with van der Waals surface area (Å²) in [4.78, 5) is 26.1. The Morgan fingerprint density at radius 3 is 1.58 bits per heavy atom. The van der Waals surface area contributed by atoms with Gasteiger partial charge in [0.2, 0.25) is 0 Å². The van der Waals surface area contributed by atoms with E-state index in [-0.39, 0.29) is 19.1 Å². The summed E-state index contributed by atoms with van der Waals surface area (Å²) in [6, 6.07) is 18.8. The van der Waals surface area contributed by atoms with E-state index >= 15 is 0 Å². The molecule has 0 aliphatic carbocycles. The second-order valence-electron chi connectivity index (χ2n) is 8.95. The van der Waals surface area contributed by atoms with Gasteiger partial charge in [-0.3, -0.25) is 9.59 Å². The molecule has 0 amide bonds. The van der Waals surface area contributed by atoms with Crippen molar-refractivity contribution < 1.29 is 19.1 Å². The third-order valence-electron chi connectivity index (χ3n) is 4.65. The van der Waals surface area contributed by atoms with Gasteiger partial charge in [-0.1, -0.05) is 94.2 Å². The molecule has 2 rings (SSSR count). The summed E-state index contributed by atoms with van der Waals surface area (Å²) >= 11 is 0. The average molecular weight is 437 g/mol. The monoisotopic (exact) mass is 436 g/mol. The van der Waals surface area contributed by atoms with E-state index in [0.29, 0.717) is 0 Å². The predicted molar refractivity (Wildman–Crippen MR) is 125 cm³/mol. The fourth-order valence-corrected chi connectivity index (χ4v) is 3.56.